The minimum Gasteiger partial charge on any atom is -0.459 e. The van der Waals surface area contributed by atoms with Crippen LogP contribution < -0.4 is 0 Å². The molecule has 2 bridgehead atoms. The van der Waals surface area contributed by atoms with Crippen LogP contribution in [0.15, 0.2) is 0 Å². The van der Waals surface area contributed by atoms with Crippen molar-refractivity contribution in [3.05, 3.63) is 0 Å². The number of carbonyl (C=O) groups excluding carboxylic acids is 3. The fourth-order valence-electron chi connectivity index (χ4n) is 7.89. The SMILES string of the molecule is CCCN1C[C@H](C)[C@H]2OCC(=O)CO[C@](C)(C[C@H]1C)[C@H](O[C@@H]1O[C@H](C)C[C@H](N(C)C)[C@H]1O)[C@@H](C)C(=O)[C@@H](C)C(=O)O[C@H](CC)[C@@]2(C)O. The topological polar surface area (TPSA) is 144 Å². The summed E-state index contributed by atoms with van der Waals surface area (Å²) in [5, 5.41) is 23.4. The van der Waals surface area contributed by atoms with E-state index in [0.717, 1.165) is 13.0 Å². The van der Waals surface area contributed by atoms with Gasteiger partial charge in [0.1, 0.15) is 36.9 Å². The van der Waals surface area contributed by atoms with Gasteiger partial charge in [-0.05, 0) is 86.9 Å². The summed E-state index contributed by atoms with van der Waals surface area (Å²) in [6, 6.07) is -0.383. The first-order chi connectivity index (χ1) is 21.9. The molecule has 4 rings (SSSR count). The van der Waals surface area contributed by atoms with Crippen LogP contribution >= 0.6 is 0 Å². The first kappa shape index (κ1) is 39.9. The summed E-state index contributed by atoms with van der Waals surface area (Å²) in [5.74, 6) is -3.95. The van der Waals surface area contributed by atoms with Crippen molar-refractivity contribution in [2.24, 2.45) is 17.8 Å². The highest BCUT2D eigenvalue weighted by Crippen LogP contribution is 2.38. The molecular weight excluding hydrogens is 608 g/mol. The Morgan fingerprint density at radius 1 is 1.04 bits per heavy atom. The molecule has 0 radical (unpaired) electrons. The fraction of sp³-hybridized carbons (Fsp3) is 0.914. The molecule has 12 nitrogen and oxygen atoms in total. The zero-order chi connectivity index (χ0) is 35.4. The highest BCUT2D eigenvalue weighted by molar-refractivity contribution is 6.00. The molecule has 4 saturated heterocycles. The van der Waals surface area contributed by atoms with Crippen LogP contribution in [0.5, 0.6) is 0 Å². The van der Waals surface area contributed by atoms with Crippen molar-refractivity contribution in [2.75, 3.05) is 40.4 Å². The lowest BCUT2D eigenvalue weighted by Crippen LogP contribution is -2.60. The van der Waals surface area contributed by atoms with E-state index in [9.17, 15) is 24.6 Å². The molecule has 4 aliphatic heterocycles. The Morgan fingerprint density at radius 2 is 1.70 bits per heavy atom. The molecule has 0 unspecified atom stereocenters. The number of fused-ring (bicyclic) bond motifs is 15. The molecule has 272 valence electrons. The van der Waals surface area contributed by atoms with Gasteiger partial charge in [-0.1, -0.05) is 27.7 Å². The second-order valence-corrected chi connectivity index (χ2v) is 15.0. The molecule has 47 heavy (non-hydrogen) atoms. The van der Waals surface area contributed by atoms with E-state index in [1.165, 1.54) is 6.92 Å². The van der Waals surface area contributed by atoms with Gasteiger partial charge < -0.3 is 43.7 Å². The lowest BCUT2D eigenvalue weighted by molar-refractivity contribution is -0.297. The van der Waals surface area contributed by atoms with Crippen LogP contribution in [0, 0.1) is 17.8 Å². The first-order valence-corrected chi connectivity index (χ1v) is 17.5. The molecular formula is C35H62N2O10. The Labute approximate surface area is 281 Å². The van der Waals surface area contributed by atoms with Crippen molar-refractivity contribution in [1.82, 2.24) is 9.80 Å². The van der Waals surface area contributed by atoms with Crippen molar-refractivity contribution in [2.45, 2.75) is 148 Å². The van der Waals surface area contributed by atoms with Gasteiger partial charge in [-0.25, -0.2) is 0 Å². The van der Waals surface area contributed by atoms with Gasteiger partial charge in [0, 0.05) is 24.5 Å². The number of aliphatic hydroxyl groups is 2. The van der Waals surface area contributed by atoms with E-state index in [2.05, 4.69) is 18.7 Å². The van der Waals surface area contributed by atoms with E-state index < -0.39 is 65.5 Å². The average Bonchev–Trinajstić information content (AvgIpc) is 3.00. The van der Waals surface area contributed by atoms with Gasteiger partial charge in [-0.2, -0.15) is 0 Å². The third-order valence-electron chi connectivity index (χ3n) is 10.6. The lowest BCUT2D eigenvalue weighted by Gasteiger charge is -2.48. The van der Waals surface area contributed by atoms with Gasteiger partial charge in [-0.15, -0.1) is 0 Å². The van der Waals surface area contributed by atoms with Crippen molar-refractivity contribution >= 4 is 17.5 Å². The van der Waals surface area contributed by atoms with E-state index in [0.29, 0.717) is 19.4 Å². The third kappa shape index (κ3) is 9.19. The largest absolute Gasteiger partial charge is 0.459 e. The number of nitrogens with zero attached hydrogens (tertiary/aromatic N) is 2. The number of esters is 1. The third-order valence-corrected chi connectivity index (χ3v) is 10.6. The standard InChI is InChI=1S/C35H62N2O10/c1-12-14-37-17-20(3)30-35(9,42)27(13-2)46-32(41)24(7)28(39)23(6)31(34(8,16-21(37)4)44-19-25(38)18-43-30)47-33-29(40)26(36(10)11)15-22(5)45-33/h20-24,26-27,29-31,33,40,42H,12-19H2,1-11H3/t20-,21+,22+,23-,24+,26-,27+,29+,30+,31+,33-,34+,35+/m0/s1. The Hall–Kier alpha value is -1.51. The number of carbonyl (C=O) groups is 3. The fourth-order valence-corrected chi connectivity index (χ4v) is 7.89. The predicted molar refractivity (Wildman–Crippen MR) is 176 cm³/mol. The summed E-state index contributed by atoms with van der Waals surface area (Å²) in [7, 11) is 3.77. The number of hydrogen-bond acceptors (Lipinski definition) is 12. The highest BCUT2D eigenvalue weighted by atomic mass is 16.7. The number of likely N-dealkylation sites (N-methyl/N-ethyl adjacent to an activating group) is 1. The molecule has 0 aromatic heterocycles. The van der Waals surface area contributed by atoms with Crippen molar-refractivity contribution in [3.63, 3.8) is 0 Å². The van der Waals surface area contributed by atoms with Gasteiger partial charge in [0.05, 0.1) is 23.9 Å². The van der Waals surface area contributed by atoms with Crippen LogP contribution in [0.1, 0.15) is 88.0 Å². The molecule has 4 aliphatic rings. The monoisotopic (exact) mass is 670 g/mol. The number of rotatable bonds is 6. The van der Waals surface area contributed by atoms with Crippen LogP contribution in [0.3, 0.4) is 0 Å². The van der Waals surface area contributed by atoms with Crippen LogP contribution in [-0.4, -0.2) is 138 Å². The highest BCUT2D eigenvalue weighted by Gasteiger charge is 2.52. The second-order valence-electron chi connectivity index (χ2n) is 15.0. The Bertz CT molecular complexity index is 1070. The van der Waals surface area contributed by atoms with E-state index in [1.807, 2.05) is 39.8 Å². The normalized spacial score (nSPS) is 43.9. The second kappa shape index (κ2) is 16.5. The minimum atomic E-state index is -1.67. The van der Waals surface area contributed by atoms with Crippen LogP contribution in [0.25, 0.3) is 0 Å². The molecule has 12 heteroatoms. The molecule has 0 spiro atoms. The minimum absolute atomic E-state index is 0.121. The summed E-state index contributed by atoms with van der Waals surface area (Å²) in [4.78, 5) is 45.4. The molecule has 13 atom stereocenters. The zero-order valence-electron chi connectivity index (χ0n) is 30.6. The van der Waals surface area contributed by atoms with Crippen LogP contribution in [-0.2, 0) is 38.1 Å². The summed E-state index contributed by atoms with van der Waals surface area (Å²) in [5.41, 5.74) is -2.91. The quantitative estimate of drug-likeness (QED) is 0.317. The summed E-state index contributed by atoms with van der Waals surface area (Å²) in [6.07, 6.45) is -3.18. The van der Waals surface area contributed by atoms with Gasteiger partial charge in [0.25, 0.3) is 0 Å². The number of Topliss-reactive ketones (excluding diaryl/α,β-unsaturated/α-hetero) is 2. The van der Waals surface area contributed by atoms with Gasteiger partial charge >= 0.3 is 5.97 Å². The zero-order valence-corrected chi connectivity index (χ0v) is 30.6. The Balaban J connectivity index is 2.23. The number of ether oxygens (including phenoxy) is 5. The summed E-state index contributed by atoms with van der Waals surface area (Å²) < 4.78 is 31.4. The van der Waals surface area contributed by atoms with Crippen molar-refractivity contribution < 1.29 is 48.3 Å². The first-order valence-electron chi connectivity index (χ1n) is 17.5. The molecule has 0 amide bonds. The molecule has 4 fully saturated rings. The van der Waals surface area contributed by atoms with E-state index in [4.69, 9.17) is 23.7 Å². The number of ketones is 2. The van der Waals surface area contributed by atoms with Gasteiger partial charge in [-0.3, -0.25) is 14.4 Å². The van der Waals surface area contributed by atoms with Crippen LogP contribution in [0.2, 0.25) is 0 Å². The molecule has 2 N–H and O–H groups in total. The molecule has 0 saturated carbocycles. The number of aliphatic hydroxyl groups excluding tert-OH is 1. The van der Waals surface area contributed by atoms with Crippen LogP contribution in [0.4, 0.5) is 0 Å². The van der Waals surface area contributed by atoms with Gasteiger partial charge in [0.15, 0.2) is 17.9 Å². The number of hydrogen-bond donors (Lipinski definition) is 2. The molecule has 4 heterocycles. The van der Waals surface area contributed by atoms with Crippen molar-refractivity contribution in [3.8, 4) is 0 Å². The Morgan fingerprint density at radius 3 is 2.30 bits per heavy atom. The maximum absolute atomic E-state index is 14.2. The maximum Gasteiger partial charge on any atom is 0.316 e. The van der Waals surface area contributed by atoms with E-state index in [1.54, 1.807) is 20.8 Å². The smallest absolute Gasteiger partial charge is 0.316 e. The average molecular weight is 671 g/mol. The maximum atomic E-state index is 14.2. The molecule has 0 aliphatic carbocycles. The summed E-state index contributed by atoms with van der Waals surface area (Å²) in [6.45, 7) is 17.0. The van der Waals surface area contributed by atoms with Gasteiger partial charge in [0.2, 0.25) is 0 Å². The Kier molecular flexibility index (Phi) is 14.0. The van der Waals surface area contributed by atoms with E-state index in [-0.39, 0.29) is 49.5 Å². The lowest BCUT2D eigenvalue weighted by atomic mass is 9.79. The van der Waals surface area contributed by atoms with E-state index >= 15 is 0 Å². The summed E-state index contributed by atoms with van der Waals surface area (Å²) >= 11 is 0. The predicted octanol–water partition coefficient (Wildman–Crippen LogP) is 2.60. The van der Waals surface area contributed by atoms with Crippen molar-refractivity contribution in [1.29, 1.82) is 0 Å². The molecule has 0 aromatic carbocycles. The molecule has 0 aromatic rings.